The van der Waals surface area contributed by atoms with E-state index in [1.807, 2.05) is 0 Å². The van der Waals surface area contributed by atoms with E-state index < -0.39 is 16.0 Å². The van der Waals surface area contributed by atoms with Gasteiger partial charge in [0.25, 0.3) is 6.17 Å². The van der Waals surface area contributed by atoms with Crippen LogP contribution in [0.15, 0.2) is 24.3 Å². The van der Waals surface area contributed by atoms with E-state index in [1.54, 1.807) is 36.1 Å². The number of halogens is 2. The van der Waals surface area contributed by atoms with Gasteiger partial charge in [-0.05, 0) is 31.2 Å². The molecule has 0 unspecified atom stereocenters. The standard InChI is InChI=1S/C12H13BrClN3O3/c1-7-15-12(17(19)20)11(13)16(7)6-10(18)8-2-4-9(14)5-3-8/h2-5,7,11-12,15H,6H2,1H3/t7-,11-,12+/m0/s1. The van der Waals surface area contributed by atoms with Gasteiger partial charge < -0.3 is 0 Å². The van der Waals surface area contributed by atoms with E-state index in [4.69, 9.17) is 11.6 Å². The smallest absolute Gasteiger partial charge is 0.292 e. The van der Waals surface area contributed by atoms with Gasteiger partial charge in [-0.15, -0.1) is 0 Å². The Morgan fingerprint density at radius 2 is 2.10 bits per heavy atom. The summed E-state index contributed by atoms with van der Waals surface area (Å²) in [6.07, 6.45) is -1.19. The van der Waals surface area contributed by atoms with Crippen molar-refractivity contribution in [3.05, 3.63) is 45.0 Å². The molecule has 3 atom stereocenters. The van der Waals surface area contributed by atoms with E-state index in [0.29, 0.717) is 10.6 Å². The number of hydrogen-bond donors (Lipinski definition) is 1. The van der Waals surface area contributed by atoms with E-state index in [2.05, 4.69) is 21.2 Å². The first-order chi connectivity index (χ1) is 9.40. The fourth-order valence-electron chi connectivity index (χ4n) is 2.10. The Labute approximate surface area is 129 Å². The van der Waals surface area contributed by atoms with Crippen LogP contribution in [0.25, 0.3) is 0 Å². The van der Waals surface area contributed by atoms with Gasteiger partial charge in [0.05, 0.1) is 12.7 Å². The van der Waals surface area contributed by atoms with Crippen molar-refractivity contribution in [2.45, 2.75) is 24.2 Å². The molecule has 2 rings (SSSR count). The lowest BCUT2D eigenvalue weighted by molar-refractivity contribution is -0.525. The molecule has 20 heavy (non-hydrogen) atoms. The zero-order chi connectivity index (χ0) is 14.9. The Hall–Kier alpha value is -1.02. The Bertz CT molecular complexity index is 525. The predicted octanol–water partition coefficient (Wildman–Crippen LogP) is 2.10. The number of benzene rings is 1. The topological polar surface area (TPSA) is 75.5 Å². The van der Waals surface area contributed by atoms with Crippen LogP contribution in [0, 0.1) is 10.1 Å². The molecule has 0 radical (unpaired) electrons. The minimum Gasteiger partial charge on any atom is -0.293 e. The van der Waals surface area contributed by atoms with Crippen LogP contribution in [0.5, 0.6) is 0 Å². The Morgan fingerprint density at radius 3 is 2.60 bits per heavy atom. The number of nitrogens with one attached hydrogen (secondary N) is 1. The Balaban J connectivity index is 2.07. The highest BCUT2D eigenvalue weighted by Crippen LogP contribution is 2.23. The highest BCUT2D eigenvalue weighted by Gasteiger charge is 2.44. The largest absolute Gasteiger partial charge is 0.293 e. The van der Waals surface area contributed by atoms with E-state index >= 15 is 0 Å². The first-order valence-corrected chi connectivity index (χ1v) is 7.27. The van der Waals surface area contributed by atoms with Crippen molar-refractivity contribution in [3.63, 3.8) is 0 Å². The maximum atomic E-state index is 12.2. The van der Waals surface area contributed by atoms with Gasteiger partial charge >= 0.3 is 0 Å². The lowest BCUT2D eigenvalue weighted by Gasteiger charge is -2.21. The summed E-state index contributed by atoms with van der Waals surface area (Å²) in [6.45, 7) is 1.88. The molecular formula is C12H13BrClN3O3. The number of hydrogen-bond acceptors (Lipinski definition) is 5. The zero-order valence-electron chi connectivity index (χ0n) is 10.6. The number of ketones is 1. The van der Waals surface area contributed by atoms with Crippen molar-refractivity contribution in [1.29, 1.82) is 0 Å². The fraction of sp³-hybridized carbons (Fsp3) is 0.417. The third kappa shape index (κ3) is 3.17. The van der Waals surface area contributed by atoms with Gasteiger partial charge in [-0.3, -0.25) is 19.8 Å². The number of nitrogens with zero attached hydrogens (tertiary/aromatic N) is 2. The SMILES string of the molecule is C[C@H]1N[C@H]([N+](=O)[O-])[C@@H](Br)N1CC(=O)c1ccc(Cl)cc1. The number of carbonyl (C=O) groups is 1. The molecule has 1 aliphatic rings. The number of Topliss-reactive ketones (excluding diaryl/α,β-unsaturated/α-hetero) is 1. The van der Waals surface area contributed by atoms with Gasteiger partial charge in [0.15, 0.2) is 10.7 Å². The molecule has 1 aliphatic heterocycles. The van der Waals surface area contributed by atoms with Crippen LogP contribution in [0.3, 0.4) is 0 Å². The maximum absolute atomic E-state index is 12.2. The number of alkyl halides is 1. The Kier molecular flexibility index (Phi) is 4.74. The molecule has 1 heterocycles. The summed E-state index contributed by atoms with van der Waals surface area (Å²) in [5.74, 6) is -0.108. The molecule has 1 fully saturated rings. The van der Waals surface area contributed by atoms with Crippen molar-refractivity contribution < 1.29 is 9.72 Å². The summed E-state index contributed by atoms with van der Waals surface area (Å²) in [7, 11) is 0. The van der Waals surface area contributed by atoms with Crippen molar-refractivity contribution in [1.82, 2.24) is 10.2 Å². The molecule has 1 saturated heterocycles. The molecule has 0 aromatic heterocycles. The highest BCUT2D eigenvalue weighted by atomic mass is 79.9. The van der Waals surface area contributed by atoms with E-state index in [9.17, 15) is 14.9 Å². The van der Waals surface area contributed by atoms with Crippen LogP contribution in [0.4, 0.5) is 0 Å². The molecule has 8 heteroatoms. The third-order valence-corrected chi connectivity index (χ3v) is 4.49. The number of nitro groups is 1. The average Bonchev–Trinajstić information content (AvgIpc) is 2.67. The van der Waals surface area contributed by atoms with E-state index in [-0.39, 0.29) is 18.5 Å². The second-order valence-electron chi connectivity index (χ2n) is 4.55. The van der Waals surface area contributed by atoms with Gasteiger partial charge in [0.1, 0.15) is 0 Å². The summed E-state index contributed by atoms with van der Waals surface area (Å²) in [5, 5.41) is 14.3. The number of rotatable bonds is 4. The van der Waals surface area contributed by atoms with Crippen LogP contribution in [0.1, 0.15) is 17.3 Å². The summed E-state index contributed by atoms with van der Waals surface area (Å²) in [5.41, 5.74) is 0.533. The summed E-state index contributed by atoms with van der Waals surface area (Å²) in [4.78, 5) is 23.8. The van der Waals surface area contributed by atoms with Gasteiger partial charge in [-0.1, -0.05) is 27.5 Å². The molecule has 0 spiro atoms. The highest BCUT2D eigenvalue weighted by molar-refractivity contribution is 9.09. The summed E-state index contributed by atoms with van der Waals surface area (Å²) < 4.78 is 0. The van der Waals surface area contributed by atoms with E-state index in [1.165, 1.54) is 0 Å². The monoisotopic (exact) mass is 361 g/mol. The van der Waals surface area contributed by atoms with E-state index in [0.717, 1.165) is 0 Å². The van der Waals surface area contributed by atoms with Crippen molar-refractivity contribution in [2.75, 3.05) is 6.54 Å². The maximum Gasteiger partial charge on any atom is 0.292 e. The molecule has 1 aromatic carbocycles. The lowest BCUT2D eigenvalue weighted by Crippen LogP contribution is -2.39. The second kappa shape index (κ2) is 6.17. The molecule has 0 saturated carbocycles. The normalized spacial score (nSPS) is 26.6. The summed E-state index contributed by atoms with van der Waals surface area (Å²) in [6, 6.07) is 6.58. The quantitative estimate of drug-likeness (QED) is 0.292. The molecule has 1 N–H and O–H groups in total. The molecule has 6 nitrogen and oxygen atoms in total. The second-order valence-corrected chi connectivity index (χ2v) is 5.92. The fourth-order valence-corrected chi connectivity index (χ4v) is 3.07. The van der Waals surface area contributed by atoms with Crippen LogP contribution in [-0.2, 0) is 0 Å². The van der Waals surface area contributed by atoms with Crippen LogP contribution in [0.2, 0.25) is 5.02 Å². The molecule has 0 amide bonds. The van der Waals surface area contributed by atoms with Gasteiger partial charge in [-0.2, -0.15) is 0 Å². The van der Waals surface area contributed by atoms with Crippen molar-refractivity contribution >= 4 is 33.3 Å². The van der Waals surface area contributed by atoms with Crippen molar-refractivity contribution in [2.24, 2.45) is 0 Å². The Morgan fingerprint density at radius 1 is 1.50 bits per heavy atom. The van der Waals surface area contributed by atoms with Crippen LogP contribution >= 0.6 is 27.5 Å². The van der Waals surface area contributed by atoms with Crippen molar-refractivity contribution in [3.8, 4) is 0 Å². The molecule has 0 bridgehead atoms. The minimum absolute atomic E-state index is 0.0933. The first-order valence-electron chi connectivity index (χ1n) is 5.98. The lowest BCUT2D eigenvalue weighted by atomic mass is 10.1. The third-order valence-electron chi connectivity index (χ3n) is 3.21. The summed E-state index contributed by atoms with van der Waals surface area (Å²) >= 11 is 9.05. The van der Waals surface area contributed by atoms with Gasteiger partial charge in [0, 0.05) is 15.5 Å². The predicted molar refractivity (Wildman–Crippen MR) is 78.6 cm³/mol. The number of carbonyl (C=O) groups excluding carboxylic acids is 1. The van der Waals surface area contributed by atoms with Gasteiger partial charge in [0.2, 0.25) is 0 Å². The molecule has 1 aromatic rings. The molecular weight excluding hydrogens is 350 g/mol. The van der Waals surface area contributed by atoms with Crippen LogP contribution in [-0.4, -0.2) is 39.4 Å². The minimum atomic E-state index is -0.928. The van der Waals surface area contributed by atoms with Crippen LogP contribution < -0.4 is 5.32 Å². The zero-order valence-corrected chi connectivity index (χ0v) is 13.0. The average molecular weight is 363 g/mol. The molecule has 0 aliphatic carbocycles. The molecule has 108 valence electrons. The first kappa shape index (κ1) is 15.4. The van der Waals surface area contributed by atoms with Gasteiger partial charge in [-0.25, -0.2) is 5.32 Å².